The average Bonchev–Trinajstić information content (AvgIpc) is 3.31. The summed E-state index contributed by atoms with van der Waals surface area (Å²) in [5.41, 5.74) is 2.11. The second-order valence-corrected chi connectivity index (χ2v) is 6.33. The van der Waals surface area contributed by atoms with Gasteiger partial charge in [-0.25, -0.2) is 15.0 Å². The van der Waals surface area contributed by atoms with Crippen LogP contribution in [0.15, 0.2) is 30.3 Å². The van der Waals surface area contributed by atoms with Crippen LogP contribution in [0.4, 0.5) is 5.82 Å². The van der Waals surface area contributed by atoms with E-state index in [0.29, 0.717) is 11.1 Å². The lowest BCUT2D eigenvalue weighted by atomic mass is 10.3. The molecule has 2 N–H and O–H groups in total. The Kier molecular flexibility index (Phi) is 3.87. The predicted molar refractivity (Wildman–Crippen MR) is 91.9 cm³/mol. The molecule has 118 valence electrons. The third kappa shape index (κ3) is 3.45. The van der Waals surface area contributed by atoms with Gasteiger partial charge in [0.1, 0.15) is 22.6 Å². The van der Waals surface area contributed by atoms with E-state index in [1.165, 1.54) is 12.8 Å². The van der Waals surface area contributed by atoms with Gasteiger partial charge in [-0.15, -0.1) is 0 Å². The van der Waals surface area contributed by atoms with Gasteiger partial charge < -0.3 is 10.3 Å². The number of fused-ring (bicyclic) bond motifs is 1. The molecule has 0 saturated heterocycles. The molecular weight excluding hydrogens is 310 g/mol. The zero-order valence-electron chi connectivity index (χ0n) is 12.7. The number of imidazole rings is 1. The molecule has 3 aromatic rings. The van der Waals surface area contributed by atoms with Crippen LogP contribution in [-0.2, 0) is 6.42 Å². The number of H-pyrrole nitrogens is 1. The molecule has 4 rings (SSSR count). The Morgan fingerprint density at radius 3 is 2.87 bits per heavy atom. The maximum atomic E-state index is 6.07. The molecule has 0 atom stereocenters. The van der Waals surface area contributed by atoms with Crippen molar-refractivity contribution in [2.75, 3.05) is 11.9 Å². The first-order valence-corrected chi connectivity index (χ1v) is 8.38. The van der Waals surface area contributed by atoms with E-state index in [1.54, 1.807) is 6.07 Å². The zero-order valence-corrected chi connectivity index (χ0v) is 13.5. The molecule has 0 spiro atoms. The van der Waals surface area contributed by atoms with Crippen molar-refractivity contribution in [3.05, 3.63) is 47.1 Å². The Morgan fingerprint density at radius 1 is 1.17 bits per heavy atom. The van der Waals surface area contributed by atoms with E-state index in [1.807, 2.05) is 24.3 Å². The van der Waals surface area contributed by atoms with E-state index in [-0.39, 0.29) is 0 Å². The second-order valence-electron chi connectivity index (χ2n) is 5.94. The highest BCUT2D eigenvalue weighted by Crippen LogP contribution is 2.38. The monoisotopic (exact) mass is 327 g/mol. The Balaban J connectivity index is 1.33. The molecule has 0 amide bonds. The molecule has 2 aromatic heterocycles. The SMILES string of the molecule is Clc1cc(NCCCc2nc3ccccc3[nH]2)nc(C2CC2)n1. The second kappa shape index (κ2) is 6.16. The molecule has 5 nitrogen and oxygen atoms in total. The standard InChI is InChI=1S/C17H18ClN5/c18-14-10-16(23-17(22-14)11-7-8-11)19-9-3-6-15-20-12-4-1-2-5-13(12)21-15/h1-2,4-5,10-11H,3,6-9H2,(H,20,21)(H,19,22,23). The predicted octanol–water partition coefficient (Wildman–Crippen LogP) is 3.93. The van der Waals surface area contributed by atoms with Crippen LogP contribution in [0.5, 0.6) is 0 Å². The summed E-state index contributed by atoms with van der Waals surface area (Å²) in [5, 5.41) is 3.85. The summed E-state index contributed by atoms with van der Waals surface area (Å²) in [7, 11) is 0. The van der Waals surface area contributed by atoms with Gasteiger partial charge in [-0.05, 0) is 31.4 Å². The first-order chi connectivity index (χ1) is 11.3. The fraction of sp³-hybridized carbons (Fsp3) is 0.353. The lowest BCUT2D eigenvalue weighted by molar-refractivity contribution is 0.813. The lowest BCUT2D eigenvalue weighted by Crippen LogP contribution is -2.07. The van der Waals surface area contributed by atoms with Crippen molar-refractivity contribution in [2.45, 2.75) is 31.6 Å². The largest absolute Gasteiger partial charge is 0.370 e. The minimum absolute atomic E-state index is 0.504. The van der Waals surface area contributed by atoms with Crippen LogP contribution in [0.1, 0.15) is 36.8 Å². The van der Waals surface area contributed by atoms with Crippen molar-refractivity contribution in [2.24, 2.45) is 0 Å². The van der Waals surface area contributed by atoms with Gasteiger partial charge in [0.25, 0.3) is 0 Å². The summed E-state index contributed by atoms with van der Waals surface area (Å²) in [6.45, 7) is 0.828. The third-order valence-corrected chi connectivity index (χ3v) is 4.18. The zero-order chi connectivity index (χ0) is 15.6. The lowest BCUT2D eigenvalue weighted by Gasteiger charge is -2.07. The van der Waals surface area contributed by atoms with E-state index in [4.69, 9.17) is 11.6 Å². The van der Waals surface area contributed by atoms with Gasteiger partial charge in [0.05, 0.1) is 11.0 Å². The fourth-order valence-corrected chi connectivity index (χ4v) is 2.84. The molecule has 6 heteroatoms. The number of aromatic nitrogens is 4. The fourth-order valence-electron chi connectivity index (χ4n) is 2.65. The molecule has 1 saturated carbocycles. The summed E-state index contributed by atoms with van der Waals surface area (Å²) in [6.07, 6.45) is 4.22. The highest BCUT2D eigenvalue weighted by Gasteiger charge is 2.27. The molecule has 0 radical (unpaired) electrons. The van der Waals surface area contributed by atoms with Crippen molar-refractivity contribution in [3.63, 3.8) is 0 Å². The highest BCUT2D eigenvalue weighted by molar-refractivity contribution is 6.29. The van der Waals surface area contributed by atoms with Gasteiger partial charge in [-0.1, -0.05) is 23.7 Å². The Bertz CT molecular complexity index is 792. The van der Waals surface area contributed by atoms with E-state index in [2.05, 4.69) is 25.3 Å². The van der Waals surface area contributed by atoms with E-state index < -0.39 is 0 Å². The van der Waals surface area contributed by atoms with Crippen LogP contribution < -0.4 is 5.32 Å². The quantitative estimate of drug-likeness (QED) is 0.532. The summed E-state index contributed by atoms with van der Waals surface area (Å²) >= 11 is 6.07. The minimum Gasteiger partial charge on any atom is -0.370 e. The summed E-state index contributed by atoms with van der Waals surface area (Å²) in [6, 6.07) is 9.88. The number of benzene rings is 1. The van der Waals surface area contributed by atoms with Gasteiger partial charge in [-0.3, -0.25) is 0 Å². The maximum absolute atomic E-state index is 6.07. The van der Waals surface area contributed by atoms with E-state index >= 15 is 0 Å². The number of halogens is 1. The van der Waals surface area contributed by atoms with Crippen molar-refractivity contribution >= 4 is 28.5 Å². The molecule has 1 aliphatic rings. The maximum Gasteiger partial charge on any atom is 0.135 e. The number of anilines is 1. The molecule has 1 fully saturated rings. The van der Waals surface area contributed by atoms with Gasteiger partial charge in [0.15, 0.2) is 0 Å². The molecule has 2 heterocycles. The molecule has 23 heavy (non-hydrogen) atoms. The number of aryl methyl sites for hydroxylation is 1. The summed E-state index contributed by atoms with van der Waals surface area (Å²) < 4.78 is 0. The first kappa shape index (κ1) is 14.5. The smallest absolute Gasteiger partial charge is 0.135 e. The van der Waals surface area contributed by atoms with Crippen LogP contribution >= 0.6 is 11.6 Å². The number of hydrogen-bond donors (Lipinski definition) is 2. The molecule has 0 bridgehead atoms. The van der Waals surface area contributed by atoms with Gasteiger partial charge in [0.2, 0.25) is 0 Å². The third-order valence-electron chi connectivity index (χ3n) is 3.99. The minimum atomic E-state index is 0.504. The van der Waals surface area contributed by atoms with E-state index in [9.17, 15) is 0 Å². The van der Waals surface area contributed by atoms with Crippen LogP contribution in [0.2, 0.25) is 5.15 Å². The number of para-hydroxylation sites is 2. The molecular formula is C17H18ClN5. The topological polar surface area (TPSA) is 66.5 Å². The van der Waals surface area contributed by atoms with E-state index in [0.717, 1.165) is 47.9 Å². The number of aromatic amines is 1. The van der Waals surface area contributed by atoms with Gasteiger partial charge in [-0.2, -0.15) is 0 Å². The summed E-state index contributed by atoms with van der Waals surface area (Å²) in [4.78, 5) is 16.8. The number of hydrogen-bond acceptors (Lipinski definition) is 4. The highest BCUT2D eigenvalue weighted by atomic mass is 35.5. The normalized spacial score (nSPS) is 14.3. The number of nitrogens with one attached hydrogen (secondary N) is 2. The number of rotatable bonds is 6. The van der Waals surface area contributed by atoms with Gasteiger partial charge >= 0.3 is 0 Å². The van der Waals surface area contributed by atoms with Crippen LogP contribution in [0.3, 0.4) is 0 Å². The van der Waals surface area contributed by atoms with Crippen molar-refractivity contribution < 1.29 is 0 Å². The van der Waals surface area contributed by atoms with Crippen molar-refractivity contribution in [1.82, 2.24) is 19.9 Å². The Hall–Kier alpha value is -2.14. The summed E-state index contributed by atoms with van der Waals surface area (Å²) in [5.74, 6) is 3.21. The first-order valence-electron chi connectivity index (χ1n) is 8.00. The Labute approximate surface area is 139 Å². The van der Waals surface area contributed by atoms with Crippen LogP contribution in [-0.4, -0.2) is 26.5 Å². The molecule has 0 aliphatic heterocycles. The van der Waals surface area contributed by atoms with Crippen LogP contribution in [0, 0.1) is 0 Å². The van der Waals surface area contributed by atoms with Crippen molar-refractivity contribution in [1.29, 1.82) is 0 Å². The van der Waals surface area contributed by atoms with Crippen molar-refractivity contribution in [3.8, 4) is 0 Å². The van der Waals surface area contributed by atoms with Crippen LogP contribution in [0.25, 0.3) is 11.0 Å². The molecule has 1 aromatic carbocycles. The molecule has 1 aliphatic carbocycles. The Morgan fingerprint density at radius 2 is 2.04 bits per heavy atom. The number of nitrogens with zero attached hydrogens (tertiary/aromatic N) is 3. The molecule has 0 unspecified atom stereocenters. The average molecular weight is 328 g/mol. The van der Waals surface area contributed by atoms with Gasteiger partial charge in [0, 0.05) is 24.9 Å².